The fourth-order valence-corrected chi connectivity index (χ4v) is 3.51. The van der Waals surface area contributed by atoms with E-state index in [-0.39, 0.29) is 23.4 Å². The van der Waals surface area contributed by atoms with E-state index in [2.05, 4.69) is 45.0 Å². The number of carbonyl (C=O) groups excluding carboxylic acids is 1. The van der Waals surface area contributed by atoms with Gasteiger partial charge in [-0.2, -0.15) is 8.78 Å². The Balaban J connectivity index is 1.53. The number of benzene rings is 2. The smallest absolute Gasteiger partial charge is 0.387 e. The number of amides is 1. The highest BCUT2D eigenvalue weighted by Gasteiger charge is 2.26. The number of hydrogen-bond donors (Lipinski definition) is 1. The molecule has 1 aliphatic heterocycles. The Hall–Kier alpha value is -2.51. The lowest BCUT2D eigenvalue weighted by molar-refractivity contribution is -0.121. The number of anilines is 1. The first-order valence-electron chi connectivity index (χ1n) is 9.79. The fraction of sp³-hybridized carbons (Fsp3) is 0.409. The second-order valence-electron chi connectivity index (χ2n) is 7.28. The molecular weight excluding hydrogens is 376 g/mol. The molecule has 1 aliphatic rings. The SMILES string of the molecule is Cc1ccccc1CN1CCN(C(C)C(=O)Nc2ccccc2OC(F)F)CC1. The highest BCUT2D eigenvalue weighted by atomic mass is 19.3. The number of nitrogens with zero attached hydrogens (tertiary/aromatic N) is 2. The lowest BCUT2D eigenvalue weighted by Gasteiger charge is -2.37. The quantitative estimate of drug-likeness (QED) is 0.765. The second kappa shape index (κ2) is 9.80. The van der Waals surface area contributed by atoms with Crippen LogP contribution in [0.1, 0.15) is 18.1 Å². The van der Waals surface area contributed by atoms with Gasteiger partial charge >= 0.3 is 6.61 Å². The normalized spacial score (nSPS) is 16.6. The van der Waals surface area contributed by atoms with Crippen LogP contribution >= 0.6 is 0 Å². The Morgan fingerprint density at radius 2 is 1.72 bits per heavy atom. The molecule has 0 spiro atoms. The first kappa shape index (κ1) is 21.2. The summed E-state index contributed by atoms with van der Waals surface area (Å²) in [4.78, 5) is 17.2. The molecule has 3 rings (SSSR count). The first-order valence-corrected chi connectivity index (χ1v) is 9.79. The summed E-state index contributed by atoms with van der Waals surface area (Å²) in [5.41, 5.74) is 2.86. The summed E-state index contributed by atoms with van der Waals surface area (Å²) in [6, 6.07) is 14.2. The van der Waals surface area contributed by atoms with Crippen LogP contribution in [0.2, 0.25) is 0 Å². The third kappa shape index (κ3) is 5.74. The minimum Gasteiger partial charge on any atom is -0.433 e. The predicted octanol–water partition coefficient (Wildman–Crippen LogP) is 3.74. The molecule has 5 nitrogen and oxygen atoms in total. The number of hydrogen-bond acceptors (Lipinski definition) is 4. The van der Waals surface area contributed by atoms with Crippen molar-refractivity contribution in [1.29, 1.82) is 0 Å². The van der Waals surface area contributed by atoms with Gasteiger partial charge in [-0.1, -0.05) is 36.4 Å². The minimum atomic E-state index is -2.94. The number of piperazine rings is 1. The molecular formula is C22H27F2N3O2. The van der Waals surface area contributed by atoms with Crippen molar-refractivity contribution in [3.8, 4) is 5.75 Å². The lowest BCUT2D eigenvalue weighted by Crippen LogP contribution is -2.52. The minimum absolute atomic E-state index is 0.0360. The van der Waals surface area contributed by atoms with Crippen molar-refractivity contribution in [3.05, 3.63) is 59.7 Å². The van der Waals surface area contributed by atoms with Crippen LogP contribution in [-0.4, -0.2) is 54.5 Å². The summed E-state index contributed by atoms with van der Waals surface area (Å²) in [6.45, 7) is 5.21. The summed E-state index contributed by atoms with van der Waals surface area (Å²) >= 11 is 0. The molecule has 1 atom stereocenters. The van der Waals surface area contributed by atoms with Gasteiger partial charge < -0.3 is 10.1 Å². The van der Waals surface area contributed by atoms with E-state index in [1.165, 1.54) is 17.2 Å². The maximum absolute atomic E-state index is 12.7. The van der Waals surface area contributed by atoms with Crippen molar-refractivity contribution in [2.75, 3.05) is 31.5 Å². The monoisotopic (exact) mass is 403 g/mol. The third-order valence-electron chi connectivity index (χ3n) is 5.35. The summed E-state index contributed by atoms with van der Waals surface area (Å²) in [5, 5.41) is 2.72. The summed E-state index contributed by atoms with van der Waals surface area (Å²) in [5.74, 6) is -0.270. The van der Waals surface area contributed by atoms with Crippen LogP contribution in [0.25, 0.3) is 0 Å². The van der Waals surface area contributed by atoms with Crippen LogP contribution in [0, 0.1) is 6.92 Å². The zero-order valence-electron chi connectivity index (χ0n) is 16.8. The number of nitrogens with one attached hydrogen (secondary N) is 1. The van der Waals surface area contributed by atoms with Gasteiger partial charge in [-0.05, 0) is 37.1 Å². The van der Waals surface area contributed by atoms with Crippen molar-refractivity contribution < 1.29 is 18.3 Å². The van der Waals surface area contributed by atoms with Gasteiger partial charge in [-0.25, -0.2) is 0 Å². The number of aryl methyl sites for hydroxylation is 1. The van der Waals surface area contributed by atoms with Crippen molar-refractivity contribution in [1.82, 2.24) is 9.80 Å². The van der Waals surface area contributed by atoms with Gasteiger partial charge in [-0.3, -0.25) is 14.6 Å². The summed E-state index contributed by atoms with van der Waals surface area (Å²) < 4.78 is 29.6. The molecule has 7 heteroatoms. The Kier molecular flexibility index (Phi) is 7.17. The Morgan fingerprint density at radius 3 is 2.41 bits per heavy atom. The maximum atomic E-state index is 12.7. The van der Waals surface area contributed by atoms with Gasteiger partial charge in [0, 0.05) is 32.7 Å². The molecule has 1 amide bonds. The molecule has 1 heterocycles. The van der Waals surface area contributed by atoms with Crippen LogP contribution < -0.4 is 10.1 Å². The van der Waals surface area contributed by atoms with Crippen LogP contribution in [0.15, 0.2) is 48.5 Å². The average Bonchev–Trinajstić information content (AvgIpc) is 2.71. The molecule has 0 aliphatic carbocycles. The molecule has 1 saturated heterocycles. The number of ether oxygens (including phenoxy) is 1. The van der Waals surface area contributed by atoms with Crippen LogP contribution in [0.3, 0.4) is 0 Å². The third-order valence-corrected chi connectivity index (χ3v) is 5.35. The predicted molar refractivity (Wildman–Crippen MR) is 109 cm³/mol. The molecule has 1 N–H and O–H groups in total. The van der Waals surface area contributed by atoms with E-state index in [9.17, 15) is 13.6 Å². The zero-order valence-corrected chi connectivity index (χ0v) is 16.8. The topological polar surface area (TPSA) is 44.8 Å². The second-order valence-corrected chi connectivity index (χ2v) is 7.28. The van der Waals surface area contributed by atoms with E-state index in [4.69, 9.17) is 0 Å². The Bertz CT molecular complexity index is 823. The van der Waals surface area contributed by atoms with Gasteiger partial charge in [0.2, 0.25) is 5.91 Å². The van der Waals surface area contributed by atoms with Crippen LogP contribution in [-0.2, 0) is 11.3 Å². The van der Waals surface area contributed by atoms with E-state index >= 15 is 0 Å². The number of rotatable bonds is 7. The van der Waals surface area contributed by atoms with Gasteiger partial charge in [0.05, 0.1) is 11.7 Å². The van der Waals surface area contributed by atoms with Crippen molar-refractivity contribution >= 4 is 11.6 Å². The number of alkyl halides is 2. The van der Waals surface area contributed by atoms with Gasteiger partial charge in [0.1, 0.15) is 5.75 Å². The van der Waals surface area contributed by atoms with E-state index in [1.54, 1.807) is 18.2 Å². The Labute approximate surface area is 170 Å². The van der Waals surface area contributed by atoms with E-state index in [0.717, 1.165) is 32.7 Å². The molecule has 1 fully saturated rings. The molecule has 1 unspecified atom stereocenters. The lowest BCUT2D eigenvalue weighted by atomic mass is 10.1. The summed E-state index contributed by atoms with van der Waals surface area (Å²) in [7, 11) is 0. The van der Waals surface area contributed by atoms with Gasteiger partial charge in [-0.15, -0.1) is 0 Å². The summed E-state index contributed by atoms with van der Waals surface area (Å²) in [6.07, 6.45) is 0. The largest absolute Gasteiger partial charge is 0.433 e. The highest BCUT2D eigenvalue weighted by Crippen LogP contribution is 2.26. The maximum Gasteiger partial charge on any atom is 0.387 e. The average molecular weight is 403 g/mol. The van der Waals surface area contributed by atoms with Gasteiger partial charge in [0.15, 0.2) is 0 Å². The number of para-hydroxylation sites is 2. The zero-order chi connectivity index (χ0) is 20.8. The van der Waals surface area contributed by atoms with E-state index < -0.39 is 6.61 Å². The van der Waals surface area contributed by atoms with E-state index in [1.807, 2.05) is 13.0 Å². The van der Waals surface area contributed by atoms with Crippen molar-refractivity contribution in [2.24, 2.45) is 0 Å². The Morgan fingerprint density at radius 1 is 1.07 bits per heavy atom. The molecule has 156 valence electrons. The molecule has 0 radical (unpaired) electrons. The van der Waals surface area contributed by atoms with Crippen LogP contribution in [0.5, 0.6) is 5.75 Å². The molecule has 29 heavy (non-hydrogen) atoms. The first-order chi connectivity index (χ1) is 13.9. The standard InChI is InChI=1S/C22H27F2N3O2/c1-16-7-3-4-8-18(16)15-26-11-13-27(14-12-26)17(2)21(28)25-19-9-5-6-10-20(19)29-22(23)24/h3-10,17,22H,11-15H2,1-2H3,(H,25,28). The van der Waals surface area contributed by atoms with E-state index in [0.29, 0.717) is 0 Å². The molecule has 0 aromatic heterocycles. The molecule has 2 aromatic rings. The van der Waals surface area contributed by atoms with Crippen LogP contribution in [0.4, 0.5) is 14.5 Å². The van der Waals surface area contributed by atoms with Crippen molar-refractivity contribution in [2.45, 2.75) is 33.0 Å². The molecule has 0 bridgehead atoms. The fourth-order valence-electron chi connectivity index (χ4n) is 3.51. The number of halogens is 2. The highest BCUT2D eigenvalue weighted by molar-refractivity contribution is 5.95. The van der Waals surface area contributed by atoms with Crippen molar-refractivity contribution in [3.63, 3.8) is 0 Å². The number of carbonyl (C=O) groups is 1. The molecule has 0 saturated carbocycles. The molecule has 2 aromatic carbocycles. The van der Waals surface area contributed by atoms with Gasteiger partial charge in [0.25, 0.3) is 0 Å².